The zero-order valence-electron chi connectivity index (χ0n) is 16.8. The van der Waals surface area contributed by atoms with Gasteiger partial charge in [-0.2, -0.15) is 0 Å². The third-order valence-electron chi connectivity index (χ3n) is 5.05. The van der Waals surface area contributed by atoms with Crippen molar-refractivity contribution in [3.8, 4) is 17.1 Å². The standard InChI is InChI=1S/C24H26N4O/c1-15(2)13-17(25)14-26-23-19-9-5-6-10-21(19)27-24(28-23)20-12-11-16-7-3-4-8-18(16)22(20)29/h3-12,15,17,29H,13-14,25H2,1-2H3,(H,26,27,28)/t17-/m1/s1. The highest BCUT2D eigenvalue weighted by Gasteiger charge is 2.15. The minimum Gasteiger partial charge on any atom is -0.507 e. The van der Waals surface area contributed by atoms with Crippen LogP contribution in [0.1, 0.15) is 20.3 Å². The summed E-state index contributed by atoms with van der Waals surface area (Å²) >= 11 is 0. The van der Waals surface area contributed by atoms with Gasteiger partial charge in [0, 0.05) is 23.4 Å². The number of nitrogens with zero attached hydrogens (tertiary/aromatic N) is 2. The van der Waals surface area contributed by atoms with Crippen LogP contribution in [0.15, 0.2) is 60.7 Å². The number of anilines is 1. The van der Waals surface area contributed by atoms with Gasteiger partial charge in [-0.1, -0.05) is 56.3 Å². The number of benzene rings is 3. The van der Waals surface area contributed by atoms with Gasteiger partial charge in [-0.05, 0) is 35.9 Å². The molecule has 0 unspecified atom stereocenters. The van der Waals surface area contributed by atoms with Crippen LogP contribution in [-0.2, 0) is 0 Å². The largest absolute Gasteiger partial charge is 0.507 e. The van der Waals surface area contributed by atoms with Gasteiger partial charge < -0.3 is 16.2 Å². The Kier molecular flexibility index (Phi) is 5.32. The maximum atomic E-state index is 10.9. The molecule has 0 radical (unpaired) electrons. The normalized spacial score (nSPS) is 12.6. The molecular formula is C24H26N4O. The van der Waals surface area contributed by atoms with Crippen molar-refractivity contribution < 1.29 is 5.11 Å². The molecule has 0 aliphatic heterocycles. The van der Waals surface area contributed by atoms with Crippen molar-refractivity contribution in [2.75, 3.05) is 11.9 Å². The number of rotatable bonds is 6. The minimum atomic E-state index is 0.0428. The number of hydrogen-bond acceptors (Lipinski definition) is 5. The average molecular weight is 386 g/mol. The van der Waals surface area contributed by atoms with E-state index in [2.05, 4.69) is 19.2 Å². The van der Waals surface area contributed by atoms with E-state index in [-0.39, 0.29) is 11.8 Å². The van der Waals surface area contributed by atoms with Crippen molar-refractivity contribution in [2.24, 2.45) is 11.7 Å². The van der Waals surface area contributed by atoms with Crippen LogP contribution in [0.5, 0.6) is 5.75 Å². The van der Waals surface area contributed by atoms with Crippen molar-refractivity contribution >= 4 is 27.5 Å². The van der Waals surface area contributed by atoms with Gasteiger partial charge in [-0.25, -0.2) is 9.97 Å². The summed E-state index contributed by atoms with van der Waals surface area (Å²) < 4.78 is 0. The number of nitrogens with one attached hydrogen (secondary N) is 1. The molecule has 0 fully saturated rings. The predicted octanol–water partition coefficient (Wildman–Crippen LogP) is 4.94. The Bertz CT molecular complexity index is 1160. The monoisotopic (exact) mass is 386 g/mol. The first-order valence-electron chi connectivity index (χ1n) is 10.00. The summed E-state index contributed by atoms with van der Waals surface area (Å²) in [5.41, 5.74) is 7.70. The number of para-hydroxylation sites is 1. The first kappa shape index (κ1) is 19.2. The van der Waals surface area contributed by atoms with E-state index in [1.807, 2.05) is 60.7 Å². The number of fused-ring (bicyclic) bond motifs is 2. The molecule has 0 bridgehead atoms. The molecule has 0 saturated carbocycles. The van der Waals surface area contributed by atoms with E-state index in [0.29, 0.717) is 23.9 Å². The van der Waals surface area contributed by atoms with Gasteiger partial charge in [0.2, 0.25) is 0 Å². The van der Waals surface area contributed by atoms with Crippen molar-refractivity contribution in [3.63, 3.8) is 0 Å². The summed E-state index contributed by atoms with van der Waals surface area (Å²) in [7, 11) is 0. The molecule has 1 heterocycles. The summed E-state index contributed by atoms with van der Waals surface area (Å²) in [6.45, 7) is 4.96. The summed E-state index contributed by atoms with van der Waals surface area (Å²) in [4.78, 5) is 9.46. The number of aromatic nitrogens is 2. The summed E-state index contributed by atoms with van der Waals surface area (Å²) in [5, 5.41) is 17.0. The Morgan fingerprint density at radius 1 is 0.931 bits per heavy atom. The maximum absolute atomic E-state index is 10.9. The van der Waals surface area contributed by atoms with Crippen molar-refractivity contribution in [1.82, 2.24) is 9.97 Å². The third kappa shape index (κ3) is 4.00. The number of phenolic OH excluding ortho intramolecular Hbond substituents is 1. The molecule has 1 atom stereocenters. The summed E-state index contributed by atoms with van der Waals surface area (Å²) in [6, 6.07) is 19.5. The first-order chi connectivity index (χ1) is 14.0. The van der Waals surface area contributed by atoms with E-state index in [4.69, 9.17) is 15.7 Å². The van der Waals surface area contributed by atoms with Crippen LogP contribution in [0.4, 0.5) is 5.82 Å². The van der Waals surface area contributed by atoms with Crippen LogP contribution >= 0.6 is 0 Å². The van der Waals surface area contributed by atoms with E-state index < -0.39 is 0 Å². The van der Waals surface area contributed by atoms with Crippen molar-refractivity contribution in [1.29, 1.82) is 0 Å². The topological polar surface area (TPSA) is 84.1 Å². The summed E-state index contributed by atoms with van der Waals surface area (Å²) in [6.07, 6.45) is 0.939. The zero-order valence-corrected chi connectivity index (χ0v) is 16.8. The molecule has 0 spiro atoms. The lowest BCUT2D eigenvalue weighted by atomic mass is 10.0. The lowest BCUT2D eigenvalue weighted by Crippen LogP contribution is -2.30. The molecule has 3 aromatic carbocycles. The SMILES string of the molecule is CC(C)C[C@@H](N)CNc1nc(-c2ccc3ccccc3c2O)nc2ccccc12. The van der Waals surface area contributed by atoms with Crippen LogP contribution in [0.3, 0.4) is 0 Å². The van der Waals surface area contributed by atoms with Crippen molar-refractivity contribution in [3.05, 3.63) is 60.7 Å². The number of hydrogen-bond donors (Lipinski definition) is 3. The Labute approximate surface area is 170 Å². The van der Waals surface area contributed by atoms with Gasteiger partial charge >= 0.3 is 0 Å². The highest BCUT2D eigenvalue weighted by Crippen LogP contribution is 2.35. The molecule has 4 aromatic rings. The Hall–Kier alpha value is -3.18. The Balaban J connectivity index is 1.77. The van der Waals surface area contributed by atoms with Crippen LogP contribution in [0.25, 0.3) is 33.1 Å². The molecule has 5 nitrogen and oxygen atoms in total. The third-order valence-corrected chi connectivity index (χ3v) is 5.05. The van der Waals surface area contributed by atoms with E-state index in [1.165, 1.54) is 0 Å². The fourth-order valence-electron chi connectivity index (χ4n) is 3.68. The van der Waals surface area contributed by atoms with E-state index in [1.54, 1.807) is 0 Å². The first-order valence-corrected chi connectivity index (χ1v) is 10.00. The van der Waals surface area contributed by atoms with Gasteiger partial charge in [0.15, 0.2) is 5.82 Å². The fourth-order valence-corrected chi connectivity index (χ4v) is 3.68. The van der Waals surface area contributed by atoms with E-state index in [9.17, 15) is 5.11 Å². The molecule has 0 amide bonds. The van der Waals surface area contributed by atoms with E-state index in [0.717, 1.165) is 33.9 Å². The lowest BCUT2D eigenvalue weighted by molar-refractivity contribution is 0.483. The molecule has 4 rings (SSSR count). The van der Waals surface area contributed by atoms with Gasteiger partial charge in [-0.15, -0.1) is 0 Å². The molecule has 0 aliphatic rings. The van der Waals surface area contributed by atoms with Gasteiger partial charge in [0.1, 0.15) is 11.6 Å². The number of nitrogens with two attached hydrogens (primary N) is 1. The quantitative estimate of drug-likeness (QED) is 0.437. The molecular weight excluding hydrogens is 360 g/mol. The Morgan fingerprint density at radius 2 is 1.66 bits per heavy atom. The molecule has 0 aliphatic carbocycles. The molecule has 148 valence electrons. The second-order valence-electron chi connectivity index (χ2n) is 7.87. The second kappa shape index (κ2) is 8.05. The average Bonchev–Trinajstić information content (AvgIpc) is 2.72. The smallest absolute Gasteiger partial charge is 0.165 e. The lowest BCUT2D eigenvalue weighted by Gasteiger charge is -2.17. The number of aromatic hydroxyl groups is 1. The second-order valence-corrected chi connectivity index (χ2v) is 7.87. The zero-order chi connectivity index (χ0) is 20.4. The van der Waals surface area contributed by atoms with E-state index >= 15 is 0 Å². The van der Waals surface area contributed by atoms with Crippen LogP contribution < -0.4 is 11.1 Å². The molecule has 5 heteroatoms. The highest BCUT2D eigenvalue weighted by molar-refractivity contribution is 5.95. The van der Waals surface area contributed by atoms with Crippen LogP contribution in [0, 0.1) is 5.92 Å². The minimum absolute atomic E-state index is 0.0428. The molecule has 29 heavy (non-hydrogen) atoms. The predicted molar refractivity (Wildman–Crippen MR) is 120 cm³/mol. The maximum Gasteiger partial charge on any atom is 0.165 e. The van der Waals surface area contributed by atoms with Gasteiger partial charge in [0.05, 0.1) is 11.1 Å². The molecule has 0 saturated heterocycles. The fraction of sp³-hybridized carbons (Fsp3) is 0.250. The molecule has 1 aromatic heterocycles. The van der Waals surface area contributed by atoms with Gasteiger partial charge in [0.25, 0.3) is 0 Å². The molecule has 4 N–H and O–H groups in total. The van der Waals surface area contributed by atoms with Crippen LogP contribution in [-0.4, -0.2) is 27.7 Å². The Morgan fingerprint density at radius 3 is 2.45 bits per heavy atom. The highest BCUT2D eigenvalue weighted by atomic mass is 16.3. The number of phenols is 1. The van der Waals surface area contributed by atoms with Gasteiger partial charge in [-0.3, -0.25) is 0 Å². The van der Waals surface area contributed by atoms with Crippen molar-refractivity contribution in [2.45, 2.75) is 26.3 Å². The summed E-state index contributed by atoms with van der Waals surface area (Å²) in [5.74, 6) is 1.96. The van der Waals surface area contributed by atoms with Crippen LogP contribution in [0.2, 0.25) is 0 Å².